The van der Waals surface area contributed by atoms with E-state index in [1.165, 1.54) is 16.7 Å². The summed E-state index contributed by atoms with van der Waals surface area (Å²) in [5.74, 6) is 0.458. The van der Waals surface area contributed by atoms with Crippen molar-refractivity contribution in [1.82, 2.24) is 19.7 Å². The molecule has 1 fully saturated rings. The van der Waals surface area contributed by atoms with E-state index in [0.717, 1.165) is 16.4 Å². The van der Waals surface area contributed by atoms with Gasteiger partial charge in [-0.2, -0.15) is 0 Å². The van der Waals surface area contributed by atoms with Crippen molar-refractivity contribution in [3.63, 3.8) is 0 Å². The first-order chi connectivity index (χ1) is 10.7. The number of benzene rings is 1. The number of nitrogens with zero attached hydrogens (tertiary/aromatic N) is 4. The zero-order valence-corrected chi connectivity index (χ0v) is 13.0. The van der Waals surface area contributed by atoms with Crippen molar-refractivity contribution < 1.29 is 9.59 Å². The Bertz CT molecular complexity index is 697. The monoisotopic (exact) mass is 316 g/mol. The van der Waals surface area contributed by atoms with E-state index in [2.05, 4.69) is 10.2 Å². The minimum Gasteiger partial charge on any atom is -0.282 e. The zero-order valence-electron chi connectivity index (χ0n) is 12.2. The Morgan fingerprint density at radius 1 is 1.18 bits per heavy atom. The van der Waals surface area contributed by atoms with Crippen molar-refractivity contribution in [2.24, 2.45) is 0 Å². The van der Waals surface area contributed by atoms with Gasteiger partial charge in [0.1, 0.15) is 6.33 Å². The highest BCUT2D eigenvalue weighted by molar-refractivity contribution is 7.99. The molecule has 1 aliphatic rings. The van der Waals surface area contributed by atoms with Gasteiger partial charge in [0.05, 0.1) is 5.69 Å². The first kappa shape index (κ1) is 14.8. The number of aryl methyl sites for hydroxylation is 1. The maximum Gasteiger partial charge on any atom is 0.229 e. The van der Waals surface area contributed by atoms with Crippen LogP contribution in [-0.4, -0.2) is 43.8 Å². The lowest BCUT2D eigenvalue weighted by Crippen LogP contribution is -2.31. The summed E-state index contributed by atoms with van der Waals surface area (Å²) in [5, 5.41) is 8.85. The summed E-state index contributed by atoms with van der Waals surface area (Å²) in [4.78, 5) is 24.5. The molecule has 1 aromatic heterocycles. The molecule has 0 bridgehead atoms. The van der Waals surface area contributed by atoms with Gasteiger partial charge in [0.15, 0.2) is 5.16 Å². The first-order valence-corrected chi connectivity index (χ1v) is 8.07. The van der Waals surface area contributed by atoms with Crippen LogP contribution in [0.4, 0.5) is 0 Å². The van der Waals surface area contributed by atoms with Gasteiger partial charge in [0, 0.05) is 25.1 Å². The highest BCUT2D eigenvalue weighted by Gasteiger charge is 2.28. The molecule has 22 heavy (non-hydrogen) atoms. The van der Waals surface area contributed by atoms with Crippen LogP contribution in [0.2, 0.25) is 0 Å². The Labute approximate surface area is 132 Å². The Balaban J connectivity index is 1.67. The number of carbonyl (C=O) groups is 2. The third kappa shape index (κ3) is 2.89. The number of hydrogen-bond donors (Lipinski definition) is 0. The number of carbonyl (C=O) groups excluding carboxylic acids is 2. The third-order valence-electron chi connectivity index (χ3n) is 3.59. The van der Waals surface area contributed by atoms with Crippen LogP contribution in [0.15, 0.2) is 35.7 Å². The molecule has 1 saturated heterocycles. The van der Waals surface area contributed by atoms with Crippen LogP contribution in [0.3, 0.4) is 0 Å². The first-order valence-electron chi connectivity index (χ1n) is 7.09. The molecule has 1 aromatic carbocycles. The predicted molar refractivity (Wildman–Crippen MR) is 82.8 cm³/mol. The Kier molecular flexibility index (Phi) is 4.24. The van der Waals surface area contributed by atoms with Crippen LogP contribution >= 0.6 is 11.8 Å². The second-order valence-electron chi connectivity index (χ2n) is 5.06. The molecular weight excluding hydrogens is 300 g/mol. The molecule has 2 amide bonds. The van der Waals surface area contributed by atoms with E-state index in [0.29, 0.717) is 25.1 Å². The Morgan fingerprint density at radius 2 is 1.91 bits per heavy atom. The number of para-hydroxylation sites is 1. The Hall–Kier alpha value is -2.15. The molecule has 7 heteroatoms. The number of thioether (sulfide) groups is 1. The minimum absolute atomic E-state index is 0.0778. The Morgan fingerprint density at radius 3 is 2.64 bits per heavy atom. The molecule has 0 radical (unpaired) electrons. The molecule has 0 spiro atoms. The molecule has 6 nitrogen and oxygen atoms in total. The number of rotatable bonds is 5. The largest absolute Gasteiger partial charge is 0.282 e. The summed E-state index contributed by atoms with van der Waals surface area (Å²) in [7, 11) is 0. The van der Waals surface area contributed by atoms with Gasteiger partial charge in [-0.1, -0.05) is 30.0 Å². The summed E-state index contributed by atoms with van der Waals surface area (Å²) >= 11 is 1.49. The standard InChI is InChI=1S/C15H16N4O2S/c1-11-4-2-3-5-12(11)19-10-16-17-15(19)22-9-8-18-13(20)6-7-14(18)21/h2-5,10H,6-9H2,1H3. The lowest BCUT2D eigenvalue weighted by molar-refractivity contribution is -0.137. The van der Waals surface area contributed by atoms with Crippen LogP contribution < -0.4 is 0 Å². The van der Waals surface area contributed by atoms with E-state index >= 15 is 0 Å². The van der Waals surface area contributed by atoms with Gasteiger partial charge in [0.2, 0.25) is 11.8 Å². The smallest absolute Gasteiger partial charge is 0.229 e. The molecular formula is C15H16N4O2S. The van der Waals surface area contributed by atoms with E-state index in [1.54, 1.807) is 6.33 Å². The lowest BCUT2D eigenvalue weighted by atomic mass is 10.2. The molecule has 0 saturated carbocycles. The number of amides is 2. The molecule has 0 atom stereocenters. The van der Waals surface area contributed by atoms with Crippen LogP contribution in [0, 0.1) is 6.92 Å². The van der Waals surface area contributed by atoms with Crippen molar-refractivity contribution in [2.45, 2.75) is 24.9 Å². The molecule has 2 heterocycles. The number of imide groups is 1. The maximum atomic E-state index is 11.6. The van der Waals surface area contributed by atoms with Gasteiger partial charge in [-0.05, 0) is 18.6 Å². The normalized spacial score (nSPS) is 14.9. The van der Waals surface area contributed by atoms with Crippen LogP contribution in [0.25, 0.3) is 5.69 Å². The number of hydrogen-bond acceptors (Lipinski definition) is 5. The summed E-state index contributed by atoms with van der Waals surface area (Å²) in [5.41, 5.74) is 2.16. The van der Waals surface area contributed by atoms with Crippen LogP contribution in [0.1, 0.15) is 18.4 Å². The topological polar surface area (TPSA) is 68.1 Å². The molecule has 2 aromatic rings. The van der Waals surface area contributed by atoms with Gasteiger partial charge in [-0.25, -0.2) is 0 Å². The summed E-state index contributed by atoms with van der Waals surface area (Å²) in [6.07, 6.45) is 2.35. The average Bonchev–Trinajstić information content (AvgIpc) is 3.09. The molecule has 114 valence electrons. The molecule has 1 aliphatic heterocycles. The van der Waals surface area contributed by atoms with Gasteiger partial charge in [-0.3, -0.25) is 19.1 Å². The highest BCUT2D eigenvalue weighted by Crippen LogP contribution is 2.22. The highest BCUT2D eigenvalue weighted by atomic mass is 32.2. The van der Waals surface area contributed by atoms with Crippen molar-refractivity contribution in [3.05, 3.63) is 36.2 Å². The summed E-state index contributed by atoms with van der Waals surface area (Å²) < 4.78 is 1.92. The summed E-state index contributed by atoms with van der Waals surface area (Å²) in [6, 6.07) is 8.00. The van der Waals surface area contributed by atoms with E-state index < -0.39 is 0 Å². The lowest BCUT2D eigenvalue weighted by Gasteiger charge is -2.13. The van der Waals surface area contributed by atoms with E-state index in [4.69, 9.17) is 0 Å². The quantitative estimate of drug-likeness (QED) is 0.622. The molecule has 3 rings (SSSR count). The van der Waals surface area contributed by atoms with Crippen molar-refractivity contribution >= 4 is 23.6 Å². The van der Waals surface area contributed by atoms with E-state index in [9.17, 15) is 9.59 Å². The fourth-order valence-corrected chi connectivity index (χ4v) is 3.27. The third-order valence-corrected chi connectivity index (χ3v) is 4.52. The SMILES string of the molecule is Cc1ccccc1-n1cnnc1SCCN1C(=O)CCC1=O. The second-order valence-corrected chi connectivity index (χ2v) is 6.12. The van der Waals surface area contributed by atoms with Crippen molar-refractivity contribution in [2.75, 3.05) is 12.3 Å². The van der Waals surface area contributed by atoms with E-state index in [1.807, 2.05) is 35.8 Å². The second kappa shape index (κ2) is 6.31. The molecule has 0 N–H and O–H groups in total. The minimum atomic E-state index is -0.0778. The fraction of sp³-hybridized carbons (Fsp3) is 0.333. The average molecular weight is 316 g/mol. The number of aromatic nitrogens is 3. The summed E-state index contributed by atoms with van der Waals surface area (Å²) in [6.45, 7) is 2.45. The van der Waals surface area contributed by atoms with Gasteiger partial charge >= 0.3 is 0 Å². The predicted octanol–water partition coefficient (Wildman–Crippen LogP) is 1.82. The van der Waals surface area contributed by atoms with E-state index in [-0.39, 0.29) is 11.8 Å². The van der Waals surface area contributed by atoms with Gasteiger partial charge in [-0.15, -0.1) is 10.2 Å². The van der Waals surface area contributed by atoms with Crippen LogP contribution in [0.5, 0.6) is 0 Å². The van der Waals surface area contributed by atoms with Crippen LogP contribution in [-0.2, 0) is 9.59 Å². The molecule has 0 aliphatic carbocycles. The van der Waals surface area contributed by atoms with Gasteiger partial charge < -0.3 is 0 Å². The zero-order chi connectivity index (χ0) is 15.5. The van der Waals surface area contributed by atoms with Crippen molar-refractivity contribution in [1.29, 1.82) is 0 Å². The fourth-order valence-electron chi connectivity index (χ4n) is 2.42. The maximum absolute atomic E-state index is 11.6. The van der Waals surface area contributed by atoms with Crippen molar-refractivity contribution in [3.8, 4) is 5.69 Å². The number of likely N-dealkylation sites (tertiary alicyclic amines) is 1. The van der Waals surface area contributed by atoms with Gasteiger partial charge in [0.25, 0.3) is 0 Å². The molecule has 0 unspecified atom stereocenters.